The molecule has 0 spiro atoms. The number of ketones is 1. The lowest BCUT2D eigenvalue weighted by molar-refractivity contribution is 0.0994. The lowest BCUT2D eigenvalue weighted by Gasteiger charge is -2.21. The number of fused-ring (bicyclic) bond motifs is 1. The largest absolute Gasteiger partial charge is 0.493 e. The van der Waals surface area contributed by atoms with Gasteiger partial charge in [-0.2, -0.15) is 8.42 Å². The van der Waals surface area contributed by atoms with Crippen LogP contribution in [-0.2, 0) is 16.5 Å². The predicted octanol–water partition coefficient (Wildman–Crippen LogP) is 3.55. The highest BCUT2D eigenvalue weighted by atomic mass is 32.2. The van der Waals surface area contributed by atoms with Crippen molar-refractivity contribution in [1.82, 2.24) is 0 Å². The van der Waals surface area contributed by atoms with Gasteiger partial charge in [-0.25, -0.2) is 0 Å². The van der Waals surface area contributed by atoms with Gasteiger partial charge in [-0.3, -0.25) is 9.35 Å². The van der Waals surface area contributed by atoms with E-state index in [4.69, 9.17) is 14.2 Å². The fourth-order valence-corrected chi connectivity index (χ4v) is 5.26. The molecule has 0 atom stereocenters. The first-order valence-corrected chi connectivity index (χ1v) is 11.4. The quantitative estimate of drug-likeness (QED) is 0.637. The average Bonchev–Trinajstić information content (AvgIpc) is 3.35. The van der Waals surface area contributed by atoms with E-state index >= 15 is 0 Å². The number of benzene rings is 2. The summed E-state index contributed by atoms with van der Waals surface area (Å²) in [5, 5.41) is 0. The molecule has 2 aliphatic rings. The van der Waals surface area contributed by atoms with E-state index in [1.807, 2.05) is 24.3 Å². The van der Waals surface area contributed by atoms with Crippen LogP contribution < -0.4 is 14.2 Å². The molecule has 0 aliphatic heterocycles. The van der Waals surface area contributed by atoms with Crippen LogP contribution in [-0.4, -0.2) is 45.3 Å². The standard InChI is InChI=1S/C22H24O7S/c1-27-19-9-7-17(14-4-3-5-16-15(14)6-8-18(16)23)20(21(19)28-2)29-12-22(10-11-22)13-30(24,25)26/h3-5,7,9H,6,8,10-13H2,1-2H3,(H,24,25,26). The molecule has 4 rings (SSSR count). The van der Waals surface area contributed by atoms with Crippen molar-refractivity contribution in [1.29, 1.82) is 0 Å². The Morgan fingerprint density at radius 2 is 1.70 bits per heavy atom. The summed E-state index contributed by atoms with van der Waals surface area (Å²) in [5.41, 5.74) is 2.72. The van der Waals surface area contributed by atoms with Gasteiger partial charge in [-0.15, -0.1) is 0 Å². The van der Waals surface area contributed by atoms with Gasteiger partial charge >= 0.3 is 0 Å². The number of Topliss-reactive ketones (excluding diaryl/α,β-unsaturated/α-hetero) is 1. The Kier molecular flexibility index (Phi) is 5.23. The third-order valence-electron chi connectivity index (χ3n) is 5.84. The smallest absolute Gasteiger partial charge is 0.265 e. The molecule has 7 nitrogen and oxygen atoms in total. The second-order valence-corrected chi connectivity index (χ2v) is 9.40. The molecule has 2 aromatic rings. The van der Waals surface area contributed by atoms with E-state index in [1.165, 1.54) is 14.2 Å². The maximum Gasteiger partial charge on any atom is 0.265 e. The molecular weight excluding hydrogens is 408 g/mol. The summed E-state index contributed by atoms with van der Waals surface area (Å²) in [6, 6.07) is 9.26. The molecule has 160 valence electrons. The first-order chi connectivity index (χ1) is 14.3. The number of rotatable bonds is 8. The SMILES string of the molecule is COc1ccc(-c2cccc3c2CCC3=O)c(OCC2(CS(=O)(=O)O)CC2)c1OC. The molecule has 0 unspecified atom stereocenters. The minimum absolute atomic E-state index is 0.122. The van der Waals surface area contributed by atoms with Crippen LogP contribution in [0.2, 0.25) is 0 Å². The molecule has 30 heavy (non-hydrogen) atoms. The summed E-state index contributed by atoms with van der Waals surface area (Å²) in [7, 11) is -1.06. The van der Waals surface area contributed by atoms with Crippen LogP contribution in [0.1, 0.15) is 35.2 Å². The summed E-state index contributed by atoms with van der Waals surface area (Å²) >= 11 is 0. The van der Waals surface area contributed by atoms with Gasteiger partial charge in [0.2, 0.25) is 5.75 Å². The first-order valence-electron chi connectivity index (χ1n) is 9.75. The van der Waals surface area contributed by atoms with Crippen molar-refractivity contribution in [2.24, 2.45) is 5.41 Å². The second kappa shape index (κ2) is 7.59. The van der Waals surface area contributed by atoms with Gasteiger partial charge in [0, 0.05) is 23.0 Å². The van der Waals surface area contributed by atoms with Gasteiger partial charge in [-0.1, -0.05) is 18.2 Å². The maximum absolute atomic E-state index is 12.2. The van der Waals surface area contributed by atoms with Crippen LogP contribution in [0.5, 0.6) is 17.2 Å². The summed E-state index contributed by atoms with van der Waals surface area (Å²) in [6.07, 6.45) is 2.45. The van der Waals surface area contributed by atoms with Crippen molar-refractivity contribution in [2.45, 2.75) is 25.7 Å². The highest BCUT2D eigenvalue weighted by Crippen LogP contribution is 2.50. The molecule has 2 aromatic carbocycles. The van der Waals surface area contributed by atoms with Crippen molar-refractivity contribution in [2.75, 3.05) is 26.6 Å². The third kappa shape index (κ3) is 3.89. The van der Waals surface area contributed by atoms with Crippen LogP contribution >= 0.6 is 0 Å². The summed E-state index contributed by atoms with van der Waals surface area (Å²) in [6.45, 7) is 0.122. The topological polar surface area (TPSA) is 99.1 Å². The zero-order valence-electron chi connectivity index (χ0n) is 16.9. The van der Waals surface area contributed by atoms with Gasteiger partial charge in [0.1, 0.15) is 0 Å². The number of hydrogen-bond donors (Lipinski definition) is 1. The van der Waals surface area contributed by atoms with Crippen molar-refractivity contribution in [3.63, 3.8) is 0 Å². The van der Waals surface area contributed by atoms with Gasteiger partial charge in [0.05, 0.1) is 26.6 Å². The molecular formula is C22H24O7S. The number of methoxy groups -OCH3 is 2. The first kappa shape index (κ1) is 20.7. The zero-order valence-corrected chi connectivity index (χ0v) is 17.8. The molecule has 2 aliphatic carbocycles. The van der Waals surface area contributed by atoms with Crippen LogP contribution in [0.3, 0.4) is 0 Å². The molecule has 1 saturated carbocycles. The molecule has 0 bridgehead atoms. The predicted molar refractivity (Wildman–Crippen MR) is 111 cm³/mol. The summed E-state index contributed by atoms with van der Waals surface area (Å²) < 4.78 is 49.2. The monoisotopic (exact) mass is 432 g/mol. The second-order valence-electron chi connectivity index (χ2n) is 7.95. The van der Waals surface area contributed by atoms with Crippen LogP contribution in [0.15, 0.2) is 30.3 Å². The van der Waals surface area contributed by atoms with Crippen LogP contribution in [0.25, 0.3) is 11.1 Å². The molecule has 0 amide bonds. The molecule has 0 radical (unpaired) electrons. The van der Waals surface area contributed by atoms with Crippen LogP contribution in [0.4, 0.5) is 0 Å². The zero-order chi connectivity index (χ0) is 21.5. The Labute approximate surface area is 175 Å². The van der Waals surface area contributed by atoms with E-state index in [0.29, 0.717) is 42.9 Å². The van der Waals surface area contributed by atoms with Gasteiger partial charge in [-0.05, 0) is 42.5 Å². The van der Waals surface area contributed by atoms with Crippen molar-refractivity contribution < 1.29 is 32.0 Å². The molecule has 0 aromatic heterocycles. The van der Waals surface area contributed by atoms with E-state index in [2.05, 4.69) is 0 Å². The Morgan fingerprint density at radius 3 is 2.33 bits per heavy atom. The lowest BCUT2D eigenvalue weighted by Crippen LogP contribution is -2.23. The van der Waals surface area contributed by atoms with Gasteiger partial charge in [0.25, 0.3) is 10.1 Å². The van der Waals surface area contributed by atoms with Crippen molar-refractivity contribution in [3.8, 4) is 28.4 Å². The number of carbonyl (C=O) groups is 1. The summed E-state index contributed by atoms with van der Waals surface area (Å²) in [4.78, 5) is 12.2. The Morgan fingerprint density at radius 1 is 0.967 bits per heavy atom. The molecule has 1 fully saturated rings. The molecule has 1 N–H and O–H groups in total. The van der Waals surface area contributed by atoms with E-state index < -0.39 is 15.5 Å². The Hall–Kier alpha value is -2.58. The van der Waals surface area contributed by atoms with Crippen molar-refractivity contribution in [3.05, 3.63) is 41.5 Å². The lowest BCUT2D eigenvalue weighted by atomic mass is 9.95. The number of ether oxygens (including phenoxy) is 3. The van der Waals surface area contributed by atoms with E-state index in [0.717, 1.165) is 22.3 Å². The van der Waals surface area contributed by atoms with Crippen molar-refractivity contribution >= 4 is 15.9 Å². The normalized spacial score (nSPS) is 16.8. The van der Waals surface area contributed by atoms with E-state index in [1.54, 1.807) is 6.07 Å². The number of carbonyl (C=O) groups excluding carboxylic acids is 1. The maximum atomic E-state index is 12.2. The minimum atomic E-state index is -4.10. The fourth-order valence-electron chi connectivity index (χ4n) is 4.12. The molecule has 0 saturated heterocycles. The number of hydrogen-bond acceptors (Lipinski definition) is 6. The highest BCUT2D eigenvalue weighted by molar-refractivity contribution is 7.85. The Balaban J connectivity index is 1.77. The molecule has 8 heteroatoms. The van der Waals surface area contributed by atoms with E-state index in [9.17, 15) is 17.8 Å². The Bertz CT molecular complexity index is 1100. The van der Waals surface area contributed by atoms with Crippen LogP contribution in [0, 0.1) is 5.41 Å². The van der Waals surface area contributed by atoms with Gasteiger partial charge < -0.3 is 14.2 Å². The van der Waals surface area contributed by atoms with E-state index in [-0.39, 0.29) is 18.1 Å². The van der Waals surface area contributed by atoms with Gasteiger partial charge in [0.15, 0.2) is 17.3 Å². The highest BCUT2D eigenvalue weighted by Gasteiger charge is 2.47. The average molecular weight is 432 g/mol. The fraction of sp³-hybridized carbons (Fsp3) is 0.409. The minimum Gasteiger partial charge on any atom is -0.493 e. The molecule has 0 heterocycles. The summed E-state index contributed by atoms with van der Waals surface area (Å²) in [5.74, 6) is 1.11. The third-order valence-corrected chi connectivity index (χ3v) is 6.81.